The lowest BCUT2D eigenvalue weighted by Crippen LogP contribution is -2.22. The molecule has 3 aromatic heterocycles. The van der Waals surface area contributed by atoms with Gasteiger partial charge in [0.15, 0.2) is 0 Å². The number of aromatic nitrogens is 5. The van der Waals surface area contributed by atoms with Crippen LogP contribution < -0.4 is 0 Å². The number of rotatable bonds is 10. The van der Waals surface area contributed by atoms with E-state index in [1.165, 1.54) is 31.7 Å². The first-order chi connectivity index (χ1) is 15.0. The van der Waals surface area contributed by atoms with Crippen LogP contribution in [0.2, 0.25) is 25.7 Å². The van der Waals surface area contributed by atoms with Crippen LogP contribution in [0.25, 0.3) is 22.3 Å². The van der Waals surface area contributed by atoms with Crippen LogP contribution in [0.15, 0.2) is 43.6 Å². The van der Waals surface area contributed by atoms with Crippen LogP contribution in [0.4, 0.5) is 0 Å². The summed E-state index contributed by atoms with van der Waals surface area (Å²) in [5.41, 5.74) is 2.88. The van der Waals surface area contributed by atoms with E-state index in [1.54, 1.807) is 6.33 Å². The molecule has 0 aliphatic heterocycles. The highest BCUT2D eigenvalue weighted by atomic mass is 28.3. The second kappa shape index (κ2) is 9.49. The molecule has 1 aliphatic rings. The molecular weight excluding hydrogens is 402 g/mol. The van der Waals surface area contributed by atoms with Crippen LogP contribution in [0, 0.1) is 5.92 Å². The zero-order chi connectivity index (χ0) is 21.8. The van der Waals surface area contributed by atoms with Crippen molar-refractivity contribution in [1.29, 1.82) is 0 Å². The molecule has 166 valence electrons. The molecule has 31 heavy (non-hydrogen) atoms. The van der Waals surface area contributed by atoms with Crippen molar-refractivity contribution < 1.29 is 4.74 Å². The maximum absolute atomic E-state index is 5.94. The molecule has 1 aliphatic carbocycles. The number of nitrogens with zero attached hydrogens (tertiary/aromatic N) is 5. The van der Waals surface area contributed by atoms with Gasteiger partial charge < -0.3 is 9.30 Å². The minimum absolute atomic E-state index is 0.385. The molecule has 0 bridgehead atoms. The number of ether oxygens (including phenoxy) is 1. The summed E-state index contributed by atoms with van der Waals surface area (Å²) in [6.07, 6.45) is 16.0. The Balaban J connectivity index is 1.53. The summed E-state index contributed by atoms with van der Waals surface area (Å²) in [5.74, 6) is 0.686. The Labute approximate surface area is 186 Å². The van der Waals surface area contributed by atoms with E-state index >= 15 is 0 Å². The van der Waals surface area contributed by atoms with E-state index in [-0.39, 0.29) is 0 Å². The first kappa shape index (κ1) is 22.0. The molecule has 1 unspecified atom stereocenters. The molecule has 0 radical (unpaired) electrons. The van der Waals surface area contributed by atoms with E-state index in [0.29, 0.717) is 18.7 Å². The molecule has 6 nitrogen and oxygen atoms in total. The monoisotopic (exact) mass is 437 g/mol. The molecule has 1 atom stereocenters. The minimum atomic E-state index is -1.08. The smallest absolute Gasteiger partial charge is 0.145 e. The van der Waals surface area contributed by atoms with Crippen molar-refractivity contribution in [1.82, 2.24) is 24.3 Å². The number of fused-ring (bicyclic) bond motifs is 1. The van der Waals surface area contributed by atoms with Gasteiger partial charge in [-0.15, -0.1) is 6.58 Å². The summed E-state index contributed by atoms with van der Waals surface area (Å²) < 4.78 is 10.1. The second-order valence-corrected chi connectivity index (χ2v) is 15.6. The molecule has 0 spiro atoms. The second-order valence-electron chi connectivity index (χ2n) is 9.94. The molecule has 0 saturated heterocycles. The molecule has 3 aromatic rings. The predicted molar refractivity (Wildman–Crippen MR) is 129 cm³/mol. The fourth-order valence-electron chi connectivity index (χ4n) is 4.55. The lowest BCUT2D eigenvalue weighted by atomic mass is 9.95. The highest BCUT2D eigenvalue weighted by Gasteiger charge is 2.26. The average molecular weight is 438 g/mol. The Bertz CT molecular complexity index is 1010. The van der Waals surface area contributed by atoms with Crippen molar-refractivity contribution in [2.24, 2.45) is 5.92 Å². The fraction of sp³-hybridized carbons (Fsp3) is 0.542. The molecule has 4 rings (SSSR count). The van der Waals surface area contributed by atoms with Gasteiger partial charge in [0.05, 0.1) is 17.9 Å². The zero-order valence-corrected chi connectivity index (χ0v) is 20.1. The lowest BCUT2D eigenvalue weighted by molar-refractivity contribution is 0.0899. The van der Waals surface area contributed by atoms with E-state index < -0.39 is 8.07 Å². The Hall–Kier alpha value is -2.25. The van der Waals surface area contributed by atoms with Gasteiger partial charge in [0.2, 0.25) is 0 Å². The maximum atomic E-state index is 5.94. The molecule has 0 aromatic carbocycles. The summed E-state index contributed by atoms with van der Waals surface area (Å²) in [7, 11) is -1.08. The summed E-state index contributed by atoms with van der Waals surface area (Å²) in [5, 5.41) is 5.77. The van der Waals surface area contributed by atoms with Gasteiger partial charge in [0, 0.05) is 38.0 Å². The quantitative estimate of drug-likeness (QED) is 0.225. The third-order valence-corrected chi connectivity index (χ3v) is 8.05. The topological polar surface area (TPSA) is 57.8 Å². The Morgan fingerprint density at radius 2 is 2.06 bits per heavy atom. The third kappa shape index (κ3) is 5.15. The summed E-state index contributed by atoms with van der Waals surface area (Å²) in [4.78, 5) is 9.13. The van der Waals surface area contributed by atoms with Gasteiger partial charge in [-0.3, -0.25) is 4.68 Å². The first-order valence-electron chi connectivity index (χ1n) is 11.5. The third-order valence-electron chi connectivity index (χ3n) is 6.35. The van der Waals surface area contributed by atoms with Crippen molar-refractivity contribution in [3.8, 4) is 11.3 Å². The normalized spacial score (nSPS) is 16.2. The first-order valence-corrected chi connectivity index (χ1v) is 15.2. The van der Waals surface area contributed by atoms with E-state index in [2.05, 4.69) is 57.7 Å². The molecule has 1 saturated carbocycles. The molecule has 7 heteroatoms. The minimum Gasteiger partial charge on any atom is -0.361 e. The van der Waals surface area contributed by atoms with Crippen molar-refractivity contribution in [2.45, 2.75) is 70.6 Å². The SMILES string of the molecule is C=CCC(C1CCCC1)n1cc(-c2ncnc3c2ccn3COCC[Si](C)(C)C)cn1. The van der Waals surface area contributed by atoms with Gasteiger partial charge in [-0.25, -0.2) is 9.97 Å². The van der Waals surface area contributed by atoms with Gasteiger partial charge >= 0.3 is 0 Å². The summed E-state index contributed by atoms with van der Waals surface area (Å²) >= 11 is 0. The fourth-order valence-corrected chi connectivity index (χ4v) is 5.31. The predicted octanol–water partition coefficient (Wildman–Crippen LogP) is 5.91. The largest absolute Gasteiger partial charge is 0.361 e. The lowest BCUT2D eigenvalue weighted by Gasteiger charge is -2.22. The summed E-state index contributed by atoms with van der Waals surface area (Å²) in [6, 6.07) is 3.64. The number of hydrogen-bond donors (Lipinski definition) is 0. The Morgan fingerprint density at radius 1 is 1.26 bits per heavy atom. The van der Waals surface area contributed by atoms with Crippen molar-refractivity contribution in [3.63, 3.8) is 0 Å². The molecule has 0 amide bonds. The number of hydrogen-bond acceptors (Lipinski definition) is 4. The van der Waals surface area contributed by atoms with Crippen LogP contribution in [-0.4, -0.2) is 39.0 Å². The van der Waals surface area contributed by atoms with E-state index in [4.69, 9.17) is 9.84 Å². The molecule has 3 heterocycles. The van der Waals surface area contributed by atoms with Crippen LogP contribution >= 0.6 is 0 Å². The van der Waals surface area contributed by atoms with Crippen molar-refractivity contribution in [2.75, 3.05) is 6.61 Å². The zero-order valence-electron chi connectivity index (χ0n) is 19.1. The average Bonchev–Trinajstić information content (AvgIpc) is 3.50. The highest BCUT2D eigenvalue weighted by molar-refractivity contribution is 6.76. The standard InChI is InChI=1S/C24H35N5OSi/c1-5-8-22(19-9-6-7-10-19)29-16-20(15-27-29)23-21-11-12-28(24(21)26-17-25-23)18-30-13-14-31(2,3)4/h5,11-12,15-17,19,22H,1,6-10,13-14,18H2,2-4H3. The highest BCUT2D eigenvalue weighted by Crippen LogP contribution is 2.37. The maximum Gasteiger partial charge on any atom is 0.145 e. The van der Waals surface area contributed by atoms with E-state index in [1.807, 2.05) is 18.5 Å². The van der Waals surface area contributed by atoms with Crippen LogP contribution in [-0.2, 0) is 11.5 Å². The molecule has 1 fully saturated rings. The van der Waals surface area contributed by atoms with Crippen molar-refractivity contribution >= 4 is 19.1 Å². The summed E-state index contributed by atoms with van der Waals surface area (Å²) in [6.45, 7) is 12.4. The number of allylic oxidation sites excluding steroid dienone is 1. The van der Waals surface area contributed by atoms with Crippen LogP contribution in [0.1, 0.15) is 38.1 Å². The van der Waals surface area contributed by atoms with Gasteiger partial charge in [-0.05, 0) is 37.3 Å². The van der Waals surface area contributed by atoms with E-state index in [9.17, 15) is 0 Å². The molecular formula is C24H35N5OSi. The van der Waals surface area contributed by atoms with Crippen LogP contribution in [0.5, 0.6) is 0 Å². The van der Waals surface area contributed by atoms with Crippen LogP contribution in [0.3, 0.4) is 0 Å². The van der Waals surface area contributed by atoms with Crippen molar-refractivity contribution in [3.05, 3.63) is 43.6 Å². The van der Waals surface area contributed by atoms with Gasteiger partial charge in [0.1, 0.15) is 18.7 Å². The van der Waals surface area contributed by atoms with E-state index in [0.717, 1.165) is 35.3 Å². The Morgan fingerprint density at radius 3 is 2.81 bits per heavy atom. The van der Waals surface area contributed by atoms with Gasteiger partial charge in [-0.1, -0.05) is 38.6 Å². The Kier molecular flexibility index (Phi) is 6.72. The molecule has 0 N–H and O–H groups in total. The van der Waals surface area contributed by atoms with Gasteiger partial charge in [-0.2, -0.15) is 5.10 Å². The van der Waals surface area contributed by atoms with Gasteiger partial charge in [0.25, 0.3) is 0 Å².